The van der Waals surface area contributed by atoms with Crippen LogP contribution in [0.5, 0.6) is 0 Å². The van der Waals surface area contributed by atoms with Crippen LogP contribution in [0.15, 0.2) is 78.3 Å². The molecule has 0 aliphatic heterocycles. The second-order valence-electron chi connectivity index (χ2n) is 7.99. The summed E-state index contributed by atoms with van der Waals surface area (Å²) >= 11 is 0. The summed E-state index contributed by atoms with van der Waals surface area (Å²) in [6.45, 7) is 4.79. The fourth-order valence-corrected chi connectivity index (χ4v) is 3.87. The molecule has 0 atom stereocenters. The Morgan fingerprint density at radius 2 is 1.82 bits per heavy atom. The highest BCUT2D eigenvalue weighted by Gasteiger charge is 2.18. The Hall–Kier alpha value is -4.26. The van der Waals surface area contributed by atoms with Crippen LogP contribution in [0.2, 0.25) is 0 Å². The second kappa shape index (κ2) is 9.31. The van der Waals surface area contributed by atoms with Gasteiger partial charge in [0.2, 0.25) is 0 Å². The molecule has 0 saturated carbocycles. The van der Waals surface area contributed by atoms with E-state index < -0.39 is 0 Å². The van der Waals surface area contributed by atoms with E-state index in [-0.39, 0.29) is 5.82 Å². The monoisotopic (exact) mass is 450 g/mol. The molecule has 34 heavy (non-hydrogen) atoms. The number of hydrogen-bond donors (Lipinski definition) is 1. The van der Waals surface area contributed by atoms with E-state index in [2.05, 4.69) is 26.9 Å². The van der Waals surface area contributed by atoms with Gasteiger partial charge in [-0.25, -0.2) is 9.37 Å². The number of nitrogens with one attached hydrogen (secondary N) is 1. The lowest BCUT2D eigenvalue weighted by molar-refractivity contribution is 0.628. The van der Waals surface area contributed by atoms with Crippen molar-refractivity contribution in [2.45, 2.75) is 20.3 Å². The van der Waals surface area contributed by atoms with Crippen molar-refractivity contribution in [2.24, 2.45) is 4.99 Å². The molecule has 4 aromatic heterocycles. The molecule has 168 valence electrons. The third-order valence-electron chi connectivity index (χ3n) is 5.56. The fraction of sp³-hybridized carbons (Fsp3) is 0.148. The van der Waals surface area contributed by atoms with E-state index in [0.29, 0.717) is 12.2 Å². The molecule has 0 bridgehead atoms. The van der Waals surface area contributed by atoms with E-state index in [9.17, 15) is 4.39 Å². The number of nitrogens with zero attached hydrogens (tertiary/aromatic N) is 5. The van der Waals surface area contributed by atoms with Crippen molar-refractivity contribution in [3.63, 3.8) is 0 Å². The quantitative estimate of drug-likeness (QED) is 0.333. The van der Waals surface area contributed by atoms with Crippen molar-refractivity contribution in [3.8, 4) is 22.6 Å². The van der Waals surface area contributed by atoms with Gasteiger partial charge in [0.25, 0.3) is 0 Å². The van der Waals surface area contributed by atoms with Gasteiger partial charge in [0.1, 0.15) is 17.2 Å². The van der Waals surface area contributed by atoms with E-state index in [1.807, 2.05) is 31.2 Å². The molecular weight excluding hydrogens is 427 g/mol. The zero-order valence-corrected chi connectivity index (χ0v) is 19.0. The predicted octanol–water partition coefficient (Wildman–Crippen LogP) is 5.78. The van der Waals surface area contributed by atoms with Crippen LogP contribution in [0, 0.1) is 12.7 Å². The molecule has 0 aliphatic rings. The van der Waals surface area contributed by atoms with Crippen molar-refractivity contribution in [1.82, 2.24) is 24.9 Å². The molecule has 1 aromatic carbocycles. The van der Waals surface area contributed by atoms with Crippen LogP contribution in [0.4, 0.5) is 4.39 Å². The maximum absolute atomic E-state index is 13.5. The van der Waals surface area contributed by atoms with Crippen LogP contribution >= 0.6 is 0 Å². The summed E-state index contributed by atoms with van der Waals surface area (Å²) in [4.78, 5) is 26.5. The average Bonchev–Trinajstić information content (AvgIpc) is 3.30. The first-order chi connectivity index (χ1) is 16.6. The highest BCUT2D eigenvalue weighted by molar-refractivity contribution is 6.14. The Labute approximate surface area is 196 Å². The largest absolute Gasteiger partial charge is 0.353 e. The first-order valence-corrected chi connectivity index (χ1v) is 11.2. The summed E-state index contributed by atoms with van der Waals surface area (Å²) in [6, 6.07) is 14.3. The van der Waals surface area contributed by atoms with Crippen LogP contribution in [0.25, 0.3) is 33.5 Å². The normalized spacial score (nSPS) is 11.8. The Morgan fingerprint density at radius 3 is 2.59 bits per heavy atom. The van der Waals surface area contributed by atoms with Crippen LogP contribution in [0.3, 0.4) is 0 Å². The summed E-state index contributed by atoms with van der Waals surface area (Å²) in [7, 11) is 0. The van der Waals surface area contributed by atoms with Crippen LogP contribution in [0.1, 0.15) is 30.3 Å². The van der Waals surface area contributed by atoms with Crippen molar-refractivity contribution in [3.05, 3.63) is 96.1 Å². The first kappa shape index (κ1) is 21.6. The molecular formula is C27H23FN6. The van der Waals surface area contributed by atoms with Crippen LogP contribution in [-0.4, -0.2) is 37.2 Å². The van der Waals surface area contributed by atoms with Gasteiger partial charge in [0.15, 0.2) is 0 Å². The number of halogens is 1. The van der Waals surface area contributed by atoms with E-state index in [1.54, 1.807) is 36.9 Å². The average molecular weight is 451 g/mol. The maximum atomic E-state index is 13.5. The molecule has 0 aliphatic carbocycles. The Kier molecular flexibility index (Phi) is 5.91. The molecule has 0 amide bonds. The highest BCUT2D eigenvalue weighted by Crippen LogP contribution is 2.29. The number of aliphatic imine (C=N–C) groups is 1. The van der Waals surface area contributed by atoms with Gasteiger partial charge < -0.3 is 4.98 Å². The number of rotatable bonds is 6. The van der Waals surface area contributed by atoms with Gasteiger partial charge >= 0.3 is 0 Å². The number of H-pyrrole nitrogens is 1. The van der Waals surface area contributed by atoms with Crippen LogP contribution < -0.4 is 0 Å². The molecule has 4 heterocycles. The number of aryl methyl sites for hydroxylation is 1. The number of aromatic nitrogens is 5. The first-order valence-electron chi connectivity index (χ1n) is 11.2. The third kappa shape index (κ3) is 4.20. The Bertz CT molecular complexity index is 1470. The third-order valence-corrected chi connectivity index (χ3v) is 5.56. The number of benzene rings is 1. The molecule has 5 aromatic rings. The Morgan fingerprint density at radius 1 is 0.971 bits per heavy atom. The zero-order valence-electron chi connectivity index (χ0n) is 19.0. The number of hydrogen-bond acceptors (Lipinski definition) is 5. The summed E-state index contributed by atoms with van der Waals surface area (Å²) in [5.74, 6) is -0.274. The van der Waals surface area contributed by atoms with Gasteiger partial charge in [-0.05, 0) is 61.4 Å². The van der Waals surface area contributed by atoms with Gasteiger partial charge in [-0.1, -0.05) is 13.0 Å². The molecule has 1 N–H and O–H groups in total. The van der Waals surface area contributed by atoms with Gasteiger partial charge in [-0.2, -0.15) is 0 Å². The minimum absolute atomic E-state index is 0.274. The summed E-state index contributed by atoms with van der Waals surface area (Å²) in [5.41, 5.74) is 7.45. The van der Waals surface area contributed by atoms with Gasteiger partial charge in [0, 0.05) is 41.6 Å². The van der Waals surface area contributed by atoms with Crippen molar-refractivity contribution in [2.75, 3.05) is 6.54 Å². The van der Waals surface area contributed by atoms with Gasteiger partial charge in [0.05, 0.1) is 29.0 Å². The molecule has 7 heteroatoms. The molecule has 0 fully saturated rings. The van der Waals surface area contributed by atoms with E-state index in [1.165, 1.54) is 12.1 Å². The summed E-state index contributed by atoms with van der Waals surface area (Å²) in [5, 5.41) is 0.941. The summed E-state index contributed by atoms with van der Waals surface area (Å²) < 4.78 is 13.5. The minimum Gasteiger partial charge on any atom is -0.353 e. The number of pyridine rings is 2. The van der Waals surface area contributed by atoms with E-state index in [4.69, 9.17) is 9.98 Å². The maximum Gasteiger partial charge on any atom is 0.123 e. The Balaban J connectivity index is 1.65. The SMILES string of the molecule is CCC/N=C(/c1cc2c(-c3ccc(F)cc3)nccc2[nH]1)c1nc(-c2cnccn2)ccc1C. The number of aromatic amines is 1. The topological polar surface area (TPSA) is 79.7 Å². The van der Waals surface area contributed by atoms with Crippen LogP contribution in [-0.2, 0) is 0 Å². The van der Waals surface area contributed by atoms with E-state index in [0.717, 1.165) is 56.9 Å². The smallest absolute Gasteiger partial charge is 0.123 e. The number of fused-ring (bicyclic) bond motifs is 1. The molecule has 6 nitrogen and oxygen atoms in total. The predicted molar refractivity (Wildman–Crippen MR) is 132 cm³/mol. The molecule has 0 spiro atoms. The minimum atomic E-state index is -0.274. The van der Waals surface area contributed by atoms with Gasteiger partial charge in [-0.15, -0.1) is 0 Å². The summed E-state index contributed by atoms with van der Waals surface area (Å²) in [6.07, 6.45) is 7.67. The lowest BCUT2D eigenvalue weighted by Gasteiger charge is -2.10. The van der Waals surface area contributed by atoms with Crippen molar-refractivity contribution < 1.29 is 4.39 Å². The highest BCUT2D eigenvalue weighted by atomic mass is 19.1. The van der Waals surface area contributed by atoms with E-state index >= 15 is 0 Å². The molecule has 5 rings (SSSR count). The van der Waals surface area contributed by atoms with Crippen molar-refractivity contribution >= 4 is 16.6 Å². The van der Waals surface area contributed by atoms with Crippen molar-refractivity contribution in [1.29, 1.82) is 0 Å². The van der Waals surface area contributed by atoms with Gasteiger partial charge in [-0.3, -0.25) is 19.9 Å². The molecule has 0 saturated heterocycles. The second-order valence-corrected chi connectivity index (χ2v) is 7.99. The lowest BCUT2D eigenvalue weighted by Crippen LogP contribution is -2.10. The standard InChI is InChI=1S/C27H23FN6/c1-3-11-31-27(25-17(2)4-9-22(34-25)24-16-29-13-14-30-24)23-15-20-21(33-23)10-12-32-26(20)18-5-7-19(28)8-6-18/h4-10,12-16,33H,3,11H2,1-2H3/b31-27-. The molecule has 0 radical (unpaired) electrons. The zero-order chi connectivity index (χ0) is 23.5. The molecule has 0 unspecified atom stereocenters. The fourth-order valence-electron chi connectivity index (χ4n) is 3.87. The lowest BCUT2D eigenvalue weighted by atomic mass is 10.0.